The molecule has 2 amide bonds. The molecular weight excluding hydrogens is 316 g/mol. The Kier molecular flexibility index (Phi) is 4.13. The van der Waals surface area contributed by atoms with Gasteiger partial charge < -0.3 is 10.6 Å². The van der Waals surface area contributed by atoms with Crippen LogP contribution in [-0.2, 0) is 0 Å². The molecule has 4 rings (SSSR count). The summed E-state index contributed by atoms with van der Waals surface area (Å²) in [5, 5.41) is 8.30. The van der Waals surface area contributed by atoms with E-state index >= 15 is 0 Å². The Labute approximate surface area is 145 Å². The zero-order valence-corrected chi connectivity index (χ0v) is 14.0. The quantitative estimate of drug-likeness (QED) is 0.676. The number of carbonyl (C=O) groups excluding carboxylic acids is 1. The van der Waals surface area contributed by atoms with E-state index in [1.165, 1.54) is 10.5 Å². The van der Waals surface area contributed by atoms with Crippen LogP contribution in [0.1, 0.15) is 18.0 Å². The van der Waals surface area contributed by atoms with Crippen molar-refractivity contribution in [1.29, 1.82) is 0 Å². The second-order valence-corrected chi connectivity index (χ2v) is 6.99. The van der Waals surface area contributed by atoms with Crippen LogP contribution in [0.25, 0.3) is 10.8 Å². The van der Waals surface area contributed by atoms with E-state index in [-0.39, 0.29) is 12.1 Å². The summed E-state index contributed by atoms with van der Waals surface area (Å²) in [7, 11) is 0. The van der Waals surface area contributed by atoms with E-state index in [2.05, 4.69) is 22.8 Å². The first kappa shape index (κ1) is 15.1. The molecule has 0 radical (unpaired) electrons. The first-order chi connectivity index (χ1) is 11.8. The lowest BCUT2D eigenvalue weighted by molar-refractivity contribution is 0.248. The van der Waals surface area contributed by atoms with Crippen LogP contribution in [0, 0.1) is 0 Å². The first-order valence-corrected chi connectivity index (χ1v) is 9.07. The van der Waals surface area contributed by atoms with Gasteiger partial charge in [0.2, 0.25) is 0 Å². The highest BCUT2D eigenvalue weighted by molar-refractivity contribution is 7.99. The smallest absolute Gasteiger partial charge is 0.319 e. The fraction of sp³-hybridized carbons (Fsp3) is 0.150. The summed E-state index contributed by atoms with van der Waals surface area (Å²) >= 11 is 1.85. The number of carbonyl (C=O) groups is 1. The molecule has 1 atom stereocenters. The van der Waals surface area contributed by atoms with Gasteiger partial charge in [0.25, 0.3) is 0 Å². The lowest BCUT2D eigenvalue weighted by Gasteiger charge is -2.26. The van der Waals surface area contributed by atoms with Gasteiger partial charge in [0.15, 0.2) is 0 Å². The largest absolute Gasteiger partial charge is 0.331 e. The van der Waals surface area contributed by atoms with E-state index in [0.29, 0.717) is 0 Å². The fourth-order valence-electron chi connectivity index (χ4n) is 3.14. The van der Waals surface area contributed by atoms with Crippen LogP contribution in [-0.4, -0.2) is 11.8 Å². The van der Waals surface area contributed by atoms with Gasteiger partial charge in [0.05, 0.1) is 11.7 Å². The van der Waals surface area contributed by atoms with E-state index in [9.17, 15) is 4.79 Å². The third-order valence-electron chi connectivity index (χ3n) is 4.30. The van der Waals surface area contributed by atoms with Crippen molar-refractivity contribution < 1.29 is 4.79 Å². The SMILES string of the molecule is O=C(Nc1cccc2ccccc12)NC1CCSc2ccccc21. The van der Waals surface area contributed by atoms with Gasteiger partial charge in [-0.3, -0.25) is 0 Å². The Morgan fingerprint density at radius 1 is 0.958 bits per heavy atom. The lowest BCUT2D eigenvalue weighted by atomic mass is 10.0. The Balaban J connectivity index is 1.53. The van der Waals surface area contributed by atoms with Gasteiger partial charge in [-0.15, -0.1) is 11.8 Å². The van der Waals surface area contributed by atoms with Crippen LogP contribution >= 0.6 is 11.8 Å². The summed E-state index contributed by atoms with van der Waals surface area (Å²) in [4.78, 5) is 13.8. The summed E-state index contributed by atoms with van der Waals surface area (Å²) in [6.45, 7) is 0. The minimum atomic E-state index is -0.155. The minimum absolute atomic E-state index is 0.0671. The van der Waals surface area contributed by atoms with Gasteiger partial charge >= 0.3 is 6.03 Å². The van der Waals surface area contributed by atoms with E-state index in [1.807, 2.05) is 66.4 Å². The number of hydrogen-bond acceptors (Lipinski definition) is 2. The van der Waals surface area contributed by atoms with Crippen LogP contribution in [0.5, 0.6) is 0 Å². The summed E-state index contributed by atoms with van der Waals surface area (Å²) in [5.41, 5.74) is 2.05. The zero-order chi connectivity index (χ0) is 16.4. The molecule has 2 N–H and O–H groups in total. The summed E-state index contributed by atoms with van der Waals surface area (Å²) in [5.74, 6) is 1.02. The normalized spacial score (nSPS) is 16.4. The van der Waals surface area contributed by atoms with Gasteiger partial charge in [-0.25, -0.2) is 4.79 Å². The number of fused-ring (bicyclic) bond motifs is 2. The average molecular weight is 334 g/mol. The Morgan fingerprint density at radius 3 is 2.71 bits per heavy atom. The predicted molar refractivity (Wildman–Crippen MR) is 101 cm³/mol. The summed E-state index contributed by atoms with van der Waals surface area (Å²) in [6.07, 6.45) is 0.949. The Hall–Kier alpha value is -2.46. The van der Waals surface area contributed by atoms with Gasteiger partial charge in [-0.1, -0.05) is 54.6 Å². The number of benzene rings is 3. The molecule has 120 valence electrons. The standard InChI is InChI=1S/C20H18N2OS/c23-20(21-17-10-5-7-14-6-1-2-8-15(14)17)22-18-12-13-24-19-11-4-3-9-16(18)19/h1-11,18H,12-13H2,(H2,21,22,23). The van der Waals surface area contributed by atoms with Crippen LogP contribution in [0.15, 0.2) is 71.6 Å². The molecule has 24 heavy (non-hydrogen) atoms. The number of amides is 2. The number of anilines is 1. The van der Waals surface area contributed by atoms with Crippen molar-refractivity contribution >= 4 is 34.3 Å². The van der Waals surface area contributed by atoms with Gasteiger partial charge in [-0.2, -0.15) is 0 Å². The molecule has 3 nitrogen and oxygen atoms in total. The minimum Gasteiger partial charge on any atom is -0.331 e. The Morgan fingerprint density at radius 2 is 1.75 bits per heavy atom. The number of hydrogen-bond donors (Lipinski definition) is 2. The molecule has 0 spiro atoms. The zero-order valence-electron chi connectivity index (χ0n) is 13.2. The molecule has 1 unspecified atom stereocenters. The second-order valence-electron chi connectivity index (χ2n) is 5.85. The van der Waals surface area contributed by atoms with Crippen molar-refractivity contribution in [1.82, 2.24) is 5.32 Å². The molecule has 1 heterocycles. The first-order valence-electron chi connectivity index (χ1n) is 8.08. The fourth-order valence-corrected chi connectivity index (χ4v) is 4.27. The maximum atomic E-state index is 12.5. The van der Waals surface area contributed by atoms with Gasteiger partial charge in [0, 0.05) is 16.0 Å². The second kappa shape index (κ2) is 6.57. The van der Waals surface area contributed by atoms with Crippen molar-refractivity contribution in [3.63, 3.8) is 0 Å². The summed E-state index contributed by atoms with van der Waals surface area (Å²) < 4.78 is 0. The lowest BCUT2D eigenvalue weighted by Crippen LogP contribution is -2.34. The Bertz CT molecular complexity index is 888. The number of thioether (sulfide) groups is 1. The van der Waals surface area contributed by atoms with Crippen LogP contribution in [0.3, 0.4) is 0 Å². The molecule has 0 aromatic heterocycles. The molecule has 0 bridgehead atoms. The van der Waals surface area contributed by atoms with Crippen molar-refractivity contribution in [3.8, 4) is 0 Å². The van der Waals surface area contributed by atoms with E-state index in [4.69, 9.17) is 0 Å². The highest BCUT2D eigenvalue weighted by Gasteiger charge is 2.22. The molecule has 0 saturated carbocycles. The van der Waals surface area contributed by atoms with Crippen LogP contribution < -0.4 is 10.6 Å². The molecule has 4 heteroatoms. The monoisotopic (exact) mass is 334 g/mol. The predicted octanol–water partition coefficient (Wildman–Crippen LogP) is 5.20. The molecule has 3 aromatic rings. The van der Waals surface area contributed by atoms with Crippen LogP contribution in [0.2, 0.25) is 0 Å². The molecule has 0 saturated heterocycles. The third kappa shape index (κ3) is 2.97. The highest BCUT2D eigenvalue weighted by atomic mass is 32.2. The topological polar surface area (TPSA) is 41.1 Å². The molecular formula is C20H18N2OS. The number of urea groups is 1. The van der Waals surface area contributed by atoms with Crippen molar-refractivity contribution in [2.45, 2.75) is 17.4 Å². The van der Waals surface area contributed by atoms with Crippen LogP contribution in [0.4, 0.5) is 10.5 Å². The maximum Gasteiger partial charge on any atom is 0.319 e. The maximum absolute atomic E-state index is 12.5. The molecule has 1 aliphatic heterocycles. The van der Waals surface area contributed by atoms with E-state index in [1.54, 1.807) is 0 Å². The highest BCUT2D eigenvalue weighted by Crippen LogP contribution is 2.35. The molecule has 3 aromatic carbocycles. The number of rotatable bonds is 2. The molecule has 1 aliphatic rings. The van der Waals surface area contributed by atoms with Crippen molar-refractivity contribution in [3.05, 3.63) is 72.3 Å². The van der Waals surface area contributed by atoms with Gasteiger partial charge in [-0.05, 0) is 29.5 Å². The van der Waals surface area contributed by atoms with E-state index < -0.39 is 0 Å². The average Bonchev–Trinajstić information content (AvgIpc) is 2.62. The van der Waals surface area contributed by atoms with Crippen molar-refractivity contribution in [2.75, 3.05) is 11.1 Å². The molecule has 0 aliphatic carbocycles. The van der Waals surface area contributed by atoms with E-state index in [0.717, 1.165) is 28.6 Å². The van der Waals surface area contributed by atoms with Crippen molar-refractivity contribution in [2.24, 2.45) is 0 Å². The van der Waals surface area contributed by atoms with Gasteiger partial charge in [0.1, 0.15) is 0 Å². The molecule has 0 fully saturated rings. The third-order valence-corrected chi connectivity index (χ3v) is 5.42. The summed E-state index contributed by atoms with van der Waals surface area (Å²) in [6, 6.07) is 22.2. The number of nitrogens with one attached hydrogen (secondary N) is 2.